The molecule has 9 heteroatoms. The lowest BCUT2D eigenvalue weighted by atomic mass is 9.87. The Bertz CT molecular complexity index is 1150. The van der Waals surface area contributed by atoms with Crippen molar-refractivity contribution in [1.29, 1.82) is 0 Å². The summed E-state index contributed by atoms with van der Waals surface area (Å²) in [5.41, 5.74) is 4.56. The number of ether oxygens (including phenoxy) is 1. The second kappa shape index (κ2) is 10.4. The molecule has 1 heterocycles. The highest BCUT2D eigenvalue weighted by molar-refractivity contribution is 8.26. The largest absolute Gasteiger partial charge is 0.479 e. The molecule has 1 aliphatic heterocycles. The number of carboxylic acid groups (broad SMARTS) is 1. The van der Waals surface area contributed by atoms with Gasteiger partial charge in [0.15, 0.2) is 10.4 Å². The molecule has 1 unspecified atom stereocenters. The van der Waals surface area contributed by atoms with Crippen LogP contribution < -0.4 is 10.2 Å². The normalized spacial score (nSPS) is 16.0. The monoisotopic (exact) mass is 498 g/mol. The Kier molecular flexibility index (Phi) is 7.78. The maximum Gasteiger partial charge on any atom is 0.344 e. The highest BCUT2D eigenvalue weighted by Crippen LogP contribution is 2.34. The van der Waals surface area contributed by atoms with Crippen molar-refractivity contribution in [2.75, 3.05) is 0 Å². The van der Waals surface area contributed by atoms with Crippen molar-refractivity contribution in [3.8, 4) is 5.75 Å². The number of hydrazine groups is 1. The summed E-state index contributed by atoms with van der Waals surface area (Å²) in [7, 11) is 0. The molecule has 178 valence electrons. The third-order valence-electron chi connectivity index (χ3n) is 5.14. The van der Waals surface area contributed by atoms with Crippen LogP contribution in [0.2, 0.25) is 0 Å². The van der Waals surface area contributed by atoms with Crippen molar-refractivity contribution in [2.24, 2.45) is 0 Å². The molecule has 2 aromatic rings. The molecule has 1 saturated heterocycles. The number of carbonyl (C=O) groups is 3. The Morgan fingerprint density at radius 1 is 1.18 bits per heavy atom. The smallest absolute Gasteiger partial charge is 0.344 e. The van der Waals surface area contributed by atoms with Gasteiger partial charge in [-0.05, 0) is 53.9 Å². The standard InChI is InChI=1S/C25H26N2O5S2/c1-5-18(23(30)31)32-19-9-7-6-8-16(19)14-20-22(29)27(24(33)34-20)26-21(28)15-10-12-17(13-11-15)25(2,3)4/h6-14,18H,5H2,1-4H3,(H,26,28)(H,30,31)/b20-14+. The summed E-state index contributed by atoms with van der Waals surface area (Å²) in [6.07, 6.45) is 0.857. The molecule has 7 nitrogen and oxygen atoms in total. The van der Waals surface area contributed by atoms with Crippen molar-refractivity contribution in [3.63, 3.8) is 0 Å². The zero-order chi connectivity index (χ0) is 25.0. The summed E-state index contributed by atoms with van der Waals surface area (Å²) >= 11 is 6.35. The number of carbonyl (C=O) groups excluding carboxylic acids is 2. The molecule has 2 aromatic carbocycles. The summed E-state index contributed by atoms with van der Waals surface area (Å²) in [6, 6.07) is 14.0. The van der Waals surface area contributed by atoms with Gasteiger partial charge in [-0.15, -0.1) is 0 Å². The Labute approximate surface area is 208 Å². The van der Waals surface area contributed by atoms with Gasteiger partial charge >= 0.3 is 5.97 Å². The number of nitrogens with zero attached hydrogens (tertiary/aromatic N) is 1. The van der Waals surface area contributed by atoms with Gasteiger partial charge in [-0.25, -0.2) is 4.79 Å². The van der Waals surface area contributed by atoms with Crippen LogP contribution in [-0.4, -0.2) is 38.3 Å². The number of hydrogen-bond acceptors (Lipinski definition) is 6. The van der Waals surface area contributed by atoms with Gasteiger partial charge in [0.05, 0.1) is 4.91 Å². The number of amides is 2. The second-order valence-corrected chi connectivity index (χ2v) is 10.4. The highest BCUT2D eigenvalue weighted by Gasteiger charge is 2.34. The number of benzene rings is 2. The molecular weight excluding hydrogens is 472 g/mol. The lowest BCUT2D eigenvalue weighted by Crippen LogP contribution is -2.44. The number of rotatable bonds is 7. The number of nitrogens with one attached hydrogen (secondary N) is 1. The maximum absolute atomic E-state index is 13.0. The molecular formula is C25H26N2O5S2. The molecule has 0 radical (unpaired) electrons. The highest BCUT2D eigenvalue weighted by atomic mass is 32.2. The zero-order valence-corrected chi connectivity index (χ0v) is 21.0. The van der Waals surface area contributed by atoms with Gasteiger partial charge in [-0.1, -0.05) is 69.8 Å². The topological polar surface area (TPSA) is 95.9 Å². The van der Waals surface area contributed by atoms with E-state index in [1.54, 1.807) is 49.4 Å². The van der Waals surface area contributed by atoms with Gasteiger partial charge in [-0.3, -0.25) is 15.0 Å². The van der Waals surface area contributed by atoms with Gasteiger partial charge in [0.1, 0.15) is 5.75 Å². The molecule has 0 bridgehead atoms. The van der Waals surface area contributed by atoms with Crippen LogP contribution in [0.15, 0.2) is 53.4 Å². The summed E-state index contributed by atoms with van der Waals surface area (Å²) in [4.78, 5) is 37.3. The number of aliphatic carboxylic acids is 1. The summed E-state index contributed by atoms with van der Waals surface area (Å²) < 4.78 is 5.82. The molecule has 0 aromatic heterocycles. The maximum atomic E-state index is 13.0. The first-order chi connectivity index (χ1) is 16.0. The Morgan fingerprint density at radius 2 is 1.82 bits per heavy atom. The first-order valence-corrected chi connectivity index (χ1v) is 11.9. The van der Waals surface area contributed by atoms with E-state index in [0.29, 0.717) is 16.9 Å². The van der Waals surface area contributed by atoms with E-state index in [9.17, 15) is 19.5 Å². The van der Waals surface area contributed by atoms with Gasteiger partial charge < -0.3 is 9.84 Å². The number of para-hydroxylation sites is 1. The van der Waals surface area contributed by atoms with Gasteiger partial charge in [0.25, 0.3) is 11.8 Å². The van der Waals surface area contributed by atoms with E-state index >= 15 is 0 Å². The fraction of sp³-hybridized carbons (Fsp3) is 0.280. The minimum atomic E-state index is -1.07. The van der Waals surface area contributed by atoms with E-state index in [-0.39, 0.29) is 21.1 Å². The summed E-state index contributed by atoms with van der Waals surface area (Å²) in [5, 5.41) is 10.3. The Morgan fingerprint density at radius 3 is 2.41 bits per heavy atom. The van der Waals surface area contributed by atoms with E-state index in [1.807, 2.05) is 12.1 Å². The van der Waals surface area contributed by atoms with Gasteiger partial charge in [0.2, 0.25) is 0 Å². The third kappa shape index (κ3) is 5.84. The second-order valence-electron chi connectivity index (χ2n) is 8.68. The van der Waals surface area contributed by atoms with Crippen LogP contribution in [0.4, 0.5) is 0 Å². The van der Waals surface area contributed by atoms with Crippen LogP contribution in [0.1, 0.15) is 55.6 Å². The fourth-order valence-electron chi connectivity index (χ4n) is 3.16. The SMILES string of the molecule is CCC(Oc1ccccc1/C=C1/SC(=S)N(NC(=O)c2ccc(C(C)(C)C)cc2)C1=O)C(=O)O. The van der Waals surface area contributed by atoms with Crippen LogP contribution in [0.3, 0.4) is 0 Å². The molecule has 2 N–H and O–H groups in total. The number of thioether (sulfide) groups is 1. The van der Waals surface area contributed by atoms with Gasteiger partial charge in [-0.2, -0.15) is 5.01 Å². The van der Waals surface area contributed by atoms with Crippen LogP contribution in [-0.2, 0) is 15.0 Å². The average Bonchev–Trinajstić information content (AvgIpc) is 3.05. The van der Waals surface area contributed by atoms with Crippen LogP contribution in [0.25, 0.3) is 6.08 Å². The molecule has 0 spiro atoms. The van der Waals surface area contributed by atoms with Crippen molar-refractivity contribution in [2.45, 2.75) is 45.6 Å². The Hall–Kier alpha value is -3.17. The van der Waals surface area contributed by atoms with Crippen LogP contribution in [0.5, 0.6) is 5.75 Å². The quantitative estimate of drug-likeness (QED) is 0.419. The van der Waals surface area contributed by atoms with Crippen molar-refractivity contribution in [3.05, 3.63) is 70.1 Å². The molecule has 2 amide bonds. The lowest BCUT2D eigenvalue weighted by Gasteiger charge is -2.19. The molecule has 1 aliphatic rings. The molecule has 1 atom stereocenters. The van der Waals surface area contributed by atoms with E-state index in [2.05, 4.69) is 26.2 Å². The first-order valence-electron chi connectivity index (χ1n) is 10.7. The molecule has 0 saturated carbocycles. The minimum absolute atomic E-state index is 0.0422. The Balaban J connectivity index is 1.77. The van der Waals surface area contributed by atoms with Crippen molar-refractivity contribution >= 4 is 52.2 Å². The fourth-order valence-corrected chi connectivity index (χ4v) is 4.33. The van der Waals surface area contributed by atoms with E-state index < -0.39 is 23.9 Å². The lowest BCUT2D eigenvalue weighted by molar-refractivity contribution is -0.145. The molecule has 0 aliphatic carbocycles. The predicted molar refractivity (Wildman–Crippen MR) is 136 cm³/mol. The molecule has 3 rings (SSSR count). The van der Waals surface area contributed by atoms with Crippen LogP contribution >= 0.6 is 24.0 Å². The van der Waals surface area contributed by atoms with E-state index in [4.69, 9.17) is 17.0 Å². The minimum Gasteiger partial charge on any atom is -0.479 e. The summed E-state index contributed by atoms with van der Waals surface area (Å²) in [6.45, 7) is 7.97. The average molecular weight is 499 g/mol. The molecule has 34 heavy (non-hydrogen) atoms. The molecule has 1 fully saturated rings. The number of hydrogen-bond donors (Lipinski definition) is 2. The van der Waals surface area contributed by atoms with Crippen molar-refractivity contribution in [1.82, 2.24) is 10.4 Å². The van der Waals surface area contributed by atoms with Crippen LogP contribution in [0, 0.1) is 0 Å². The predicted octanol–water partition coefficient (Wildman–Crippen LogP) is 4.77. The van der Waals surface area contributed by atoms with E-state index in [0.717, 1.165) is 22.3 Å². The summed E-state index contributed by atoms with van der Waals surface area (Å²) in [5.74, 6) is -1.66. The number of carboxylic acids is 1. The number of thiocarbonyl (C=S) groups is 1. The van der Waals surface area contributed by atoms with Crippen molar-refractivity contribution < 1.29 is 24.2 Å². The van der Waals surface area contributed by atoms with Gasteiger partial charge in [0, 0.05) is 11.1 Å². The zero-order valence-electron chi connectivity index (χ0n) is 19.3. The third-order valence-corrected chi connectivity index (χ3v) is 6.44. The first kappa shape index (κ1) is 25.5. The van der Waals surface area contributed by atoms with E-state index in [1.165, 1.54) is 0 Å².